The van der Waals surface area contributed by atoms with E-state index in [4.69, 9.17) is 10.2 Å². The number of benzene rings is 1. The van der Waals surface area contributed by atoms with Gasteiger partial charge in [-0.3, -0.25) is 24.4 Å². The zero-order valence-corrected chi connectivity index (χ0v) is 35.1. The molecule has 18 heteroatoms. The average Bonchev–Trinajstić information content (AvgIpc) is 3.83. The summed E-state index contributed by atoms with van der Waals surface area (Å²) in [5, 5.41) is 36.4. The fourth-order valence-corrected chi connectivity index (χ4v) is 6.14. The van der Waals surface area contributed by atoms with Crippen molar-refractivity contribution in [2.24, 2.45) is 32.7 Å². The van der Waals surface area contributed by atoms with Gasteiger partial charge in [-0.15, -0.1) is 0 Å². The molecule has 6 heterocycles. The van der Waals surface area contributed by atoms with Crippen LogP contribution in [0.2, 0.25) is 0 Å². The summed E-state index contributed by atoms with van der Waals surface area (Å²) in [6, 6.07) is 14.7. The van der Waals surface area contributed by atoms with Crippen LogP contribution in [0.25, 0.3) is 10.9 Å². The fourth-order valence-electron chi connectivity index (χ4n) is 6.14. The zero-order valence-electron chi connectivity index (χ0n) is 35.1. The van der Waals surface area contributed by atoms with E-state index in [0.29, 0.717) is 5.52 Å². The van der Waals surface area contributed by atoms with Crippen LogP contribution in [0.1, 0.15) is 110 Å². The van der Waals surface area contributed by atoms with Crippen LogP contribution in [0.4, 0.5) is 0 Å². The molecule has 1 aromatic carbocycles. The van der Waals surface area contributed by atoms with E-state index in [9.17, 15) is 33.9 Å². The van der Waals surface area contributed by atoms with Gasteiger partial charge in [0.2, 0.25) is 0 Å². The van der Waals surface area contributed by atoms with Gasteiger partial charge < -0.3 is 31.3 Å². The third kappa shape index (κ3) is 8.73. The first-order valence-electron chi connectivity index (χ1n) is 19.3. The predicted octanol–water partition coefficient (Wildman–Crippen LogP) is 4.37. The molecule has 3 atom stereocenters. The largest absolute Gasteiger partial charge is 0.478 e. The number of amidine groups is 3. The minimum Gasteiger partial charge on any atom is -0.478 e. The molecule has 7 rings (SSSR count). The number of amides is 3. The van der Waals surface area contributed by atoms with Crippen LogP contribution in [0.5, 0.6) is 0 Å². The van der Waals surface area contributed by atoms with Gasteiger partial charge in [-0.2, -0.15) is 0 Å². The molecule has 3 unspecified atom stereocenters. The van der Waals surface area contributed by atoms with Gasteiger partial charge in [-0.05, 0) is 74.9 Å². The Morgan fingerprint density at radius 2 is 0.885 bits per heavy atom. The topological polar surface area (TPSA) is 275 Å². The molecule has 0 bridgehead atoms. The Balaban J connectivity index is 0.000000174. The van der Waals surface area contributed by atoms with Gasteiger partial charge in [0.25, 0.3) is 17.7 Å². The lowest BCUT2D eigenvalue weighted by Crippen LogP contribution is -2.41. The fraction of sp³-hybridized carbons (Fsp3) is 0.349. The molecule has 61 heavy (non-hydrogen) atoms. The molecule has 0 spiro atoms. The van der Waals surface area contributed by atoms with Crippen LogP contribution < -0.4 is 16.0 Å². The van der Waals surface area contributed by atoms with Crippen LogP contribution in [-0.2, 0) is 14.4 Å². The van der Waals surface area contributed by atoms with Crippen LogP contribution in [0, 0.1) is 17.8 Å². The first-order valence-corrected chi connectivity index (χ1v) is 19.3. The number of fused-ring (bicyclic) bond motifs is 1. The van der Waals surface area contributed by atoms with Gasteiger partial charge in [-0.25, -0.2) is 34.3 Å². The van der Waals surface area contributed by atoms with Crippen molar-refractivity contribution in [1.29, 1.82) is 0 Å². The lowest BCUT2D eigenvalue weighted by atomic mass is 9.89. The van der Waals surface area contributed by atoms with E-state index in [2.05, 4.69) is 45.9 Å². The van der Waals surface area contributed by atoms with Crippen molar-refractivity contribution >= 4 is 64.0 Å². The number of hydrogen-bond acceptors (Lipinski definition) is 12. The smallest absolute Gasteiger partial charge is 0.338 e. The van der Waals surface area contributed by atoms with Crippen molar-refractivity contribution in [3.63, 3.8) is 0 Å². The Bertz CT molecular complexity index is 2460. The molecule has 0 saturated heterocycles. The van der Waals surface area contributed by atoms with Crippen molar-refractivity contribution < 1.29 is 44.1 Å². The van der Waals surface area contributed by atoms with Gasteiger partial charge in [0.05, 0.1) is 22.2 Å². The Morgan fingerprint density at radius 3 is 1.23 bits per heavy atom. The Hall–Kier alpha value is -7.24. The third-order valence-electron chi connectivity index (χ3n) is 11.2. The lowest BCUT2D eigenvalue weighted by Gasteiger charge is -2.21. The molecule has 0 saturated carbocycles. The number of aromatic carboxylic acids is 3. The number of carboxylic acids is 3. The number of nitrogens with zero attached hydrogens (tertiary/aromatic N) is 6. The predicted molar refractivity (Wildman–Crippen MR) is 225 cm³/mol. The van der Waals surface area contributed by atoms with Gasteiger partial charge >= 0.3 is 17.9 Å². The van der Waals surface area contributed by atoms with Crippen molar-refractivity contribution in [1.82, 2.24) is 30.9 Å². The highest BCUT2D eigenvalue weighted by Gasteiger charge is 2.45. The summed E-state index contributed by atoms with van der Waals surface area (Å²) in [7, 11) is 0. The maximum Gasteiger partial charge on any atom is 0.338 e. The second-order valence-corrected chi connectivity index (χ2v) is 15.9. The van der Waals surface area contributed by atoms with Crippen LogP contribution in [-0.4, -0.2) is 100 Å². The minimum atomic E-state index is -1.10. The van der Waals surface area contributed by atoms with Crippen LogP contribution >= 0.6 is 0 Å². The van der Waals surface area contributed by atoms with Crippen molar-refractivity contribution in [2.45, 2.75) is 78.9 Å². The minimum absolute atomic E-state index is 0.00184. The molecule has 4 aromatic rings. The van der Waals surface area contributed by atoms with E-state index in [1.54, 1.807) is 39.0 Å². The molecule has 0 radical (unpaired) electrons. The summed E-state index contributed by atoms with van der Waals surface area (Å²) in [4.78, 5) is 95.7. The lowest BCUT2D eigenvalue weighted by molar-refractivity contribution is -0.125. The van der Waals surface area contributed by atoms with Crippen LogP contribution in [0.15, 0.2) is 82.0 Å². The Kier molecular flexibility index (Phi) is 12.6. The number of carbonyl (C=O) groups excluding carboxylic acids is 3. The first-order chi connectivity index (χ1) is 28.5. The number of rotatable bonds is 9. The monoisotopic (exact) mass is 833 g/mol. The molecule has 3 amide bonds. The quantitative estimate of drug-likeness (QED) is 0.137. The number of carbonyl (C=O) groups is 6. The number of pyridine rings is 3. The number of nitrogens with one attached hydrogen (secondary N) is 3. The molecule has 0 fully saturated rings. The number of hydrogen-bond donors (Lipinski definition) is 6. The summed E-state index contributed by atoms with van der Waals surface area (Å²) in [5.41, 5.74) is -1.40. The normalized spacial score (nSPS) is 21.7. The van der Waals surface area contributed by atoms with Crippen molar-refractivity contribution in [3.8, 4) is 0 Å². The highest BCUT2D eigenvalue weighted by Crippen LogP contribution is 2.30. The second kappa shape index (κ2) is 17.2. The second-order valence-electron chi connectivity index (χ2n) is 15.9. The summed E-state index contributed by atoms with van der Waals surface area (Å²) >= 11 is 0. The maximum absolute atomic E-state index is 12.3. The average molecular weight is 834 g/mol. The number of para-hydroxylation sites is 1. The molecule has 318 valence electrons. The number of aromatic nitrogens is 3. The summed E-state index contributed by atoms with van der Waals surface area (Å²) in [6.45, 7) is 16.6. The highest BCUT2D eigenvalue weighted by molar-refractivity contribution is 6.19. The molecule has 6 N–H and O–H groups in total. The Morgan fingerprint density at radius 1 is 0.525 bits per heavy atom. The molecule has 3 aliphatic heterocycles. The van der Waals surface area contributed by atoms with E-state index in [1.165, 1.54) is 36.7 Å². The zero-order chi connectivity index (χ0) is 45.2. The number of aliphatic imine (C=N–C) groups is 3. The Labute approximate surface area is 350 Å². The molecular weight excluding hydrogens is 787 g/mol. The standard InChI is InChI=1S/C17H17N3O3.2C13H15N3O3/c1-9(2)17(3)16(23)19-14(20-17)13-11(15(21)22)8-10-6-4-5-7-12(10)18-13;2*1-7(2)13(3)12(19)15-10(16-13)9-8(11(17)18)5-4-6-14-9/h4-9H,1-3H3,(H,21,22)(H,19,20,23);2*4-7H,1-3H3,(H,17,18)(H,15,16,19). The summed E-state index contributed by atoms with van der Waals surface area (Å²) in [5.74, 6) is -3.37. The van der Waals surface area contributed by atoms with E-state index in [-0.39, 0.29) is 86.8 Å². The van der Waals surface area contributed by atoms with E-state index < -0.39 is 34.5 Å². The summed E-state index contributed by atoms with van der Waals surface area (Å²) < 4.78 is 0. The summed E-state index contributed by atoms with van der Waals surface area (Å²) in [6.07, 6.45) is 2.95. The molecule has 3 aromatic heterocycles. The van der Waals surface area contributed by atoms with Gasteiger partial charge in [-0.1, -0.05) is 59.7 Å². The van der Waals surface area contributed by atoms with E-state index in [1.807, 2.05) is 53.7 Å². The van der Waals surface area contributed by atoms with E-state index >= 15 is 0 Å². The van der Waals surface area contributed by atoms with Gasteiger partial charge in [0, 0.05) is 17.8 Å². The van der Waals surface area contributed by atoms with Gasteiger partial charge in [0.15, 0.2) is 17.5 Å². The van der Waals surface area contributed by atoms with Gasteiger partial charge in [0.1, 0.15) is 33.7 Å². The number of carboxylic acid groups (broad SMARTS) is 3. The third-order valence-corrected chi connectivity index (χ3v) is 11.2. The SMILES string of the molecule is CC(C)C1(C)N=C(c2nc3ccccc3cc2C(=O)O)NC1=O.CC(C)C1(C)N=C(c2ncccc2C(=O)O)NC1=O.CC(C)C1(C)N=C(c2ncccc2C(=O)O)NC1=O. The molecular formula is C43H47N9O9. The van der Waals surface area contributed by atoms with E-state index in [0.717, 1.165) is 5.39 Å². The molecule has 18 nitrogen and oxygen atoms in total. The van der Waals surface area contributed by atoms with Crippen molar-refractivity contribution in [3.05, 3.63) is 101 Å². The maximum atomic E-state index is 12.3. The molecule has 0 aliphatic carbocycles. The molecule has 3 aliphatic rings. The first kappa shape index (κ1) is 44.9. The highest BCUT2D eigenvalue weighted by atomic mass is 16.4. The van der Waals surface area contributed by atoms with Crippen LogP contribution in [0.3, 0.4) is 0 Å². The van der Waals surface area contributed by atoms with Crippen molar-refractivity contribution in [2.75, 3.05) is 0 Å².